The van der Waals surface area contributed by atoms with Gasteiger partial charge in [0.2, 0.25) is 11.7 Å². The summed E-state index contributed by atoms with van der Waals surface area (Å²) in [5, 5.41) is 16.1. The SMILES string of the molecule is CC(c1nc(-c2cccs2)no1)N1CCN(c2ccccc2O)CC1. The number of anilines is 1. The van der Waals surface area contributed by atoms with Crippen LogP contribution in [0.25, 0.3) is 10.7 Å². The number of nitrogens with zero attached hydrogens (tertiary/aromatic N) is 4. The van der Waals surface area contributed by atoms with Crippen molar-refractivity contribution in [3.63, 3.8) is 0 Å². The Hall–Kier alpha value is -2.38. The second-order valence-corrected chi connectivity index (χ2v) is 7.07. The Labute approximate surface area is 150 Å². The van der Waals surface area contributed by atoms with Crippen LogP contribution in [0.2, 0.25) is 0 Å². The summed E-state index contributed by atoms with van der Waals surface area (Å²) in [6.07, 6.45) is 0. The molecule has 130 valence electrons. The molecule has 7 heteroatoms. The Morgan fingerprint density at radius 3 is 2.64 bits per heavy atom. The average Bonchev–Trinajstić information content (AvgIpc) is 3.33. The number of piperazine rings is 1. The first kappa shape index (κ1) is 16.1. The summed E-state index contributed by atoms with van der Waals surface area (Å²) in [6.45, 7) is 5.57. The molecule has 1 unspecified atom stereocenters. The number of hydrogen-bond donors (Lipinski definition) is 1. The van der Waals surface area contributed by atoms with E-state index in [0.717, 1.165) is 36.7 Å². The van der Waals surface area contributed by atoms with Gasteiger partial charge in [0.1, 0.15) is 5.75 Å². The Morgan fingerprint density at radius 2 is 1.92 bits per heavy atom. The van der Waals surface area contributed by atoms with Gasteiger partial charge < -0.3 is 14.5 Å². The number of thiophene rings is 1. The fourth-order valence-electron chi connectivity index (χ4n) is 3.15. The Bertz CT molecular complexity index is 825. The smallest absolute Gasteiger partial charge is 0.244 e. The number of hydrogen-bond acceptors (Lipinski definition) is 7. The lowest BCUT2D eigenvalue weighted by molar-refractivity contribution is 0.164. The average molecular weight is 356 g/mol. The van der Waals surface area contributed by atoms with Crippen LogP contribution in [0.5, 0.6) is 5.75 Å². The molecule has 1 aliphatic heterocycles. The first-order valence-corrected chi connectivity index (χ1v) is 9.25. The lowest BCUT2D eigenvalue weighted by Gasteiger charge is -2.38. The zero-order valence-electron chi connectivity index (χ0n) is 14.0. The first-order chi connectivity index (χ1) is 12.2. The molecule has 3 aromatic rings. The molecule has 1 aromatic carbocycles. The normalized spacial score (nSPS) is 16.9. The lowest BCUT2D eigenvalue weighted by atomic mass is 10.2. The topological polar surface area (TPSA) is 65.6 Å². The molecule has 0 radical (unpaired) electrons. The van der Waals surface area contributed by atoms with Crippen molar-refractivity contribution in [3.05, 3.63) is 47.7 Å². The number of aromatic hydroxyl groups is 1. The van der Waals surface area contributed by atoms with Gasteiger partial charge in [-0.25, -0.2) is 0 Å². The maximum Gasteiger partial charge on any atom is 0.244 e. The van der Waals surface area contributed by atoms with Crippen molar-refractivity contribution in [1.29, 1.82) is 0 Å². The third-order valence-corrected chi connectivity index (χ3v) is 5.49. The maximum atomic E-state index is 10.0. The predicted octanol–water partition coefficient (Wildman–Crippen LogP) is 3.39. The summed E-state index contributed by atoms with van der Waals surface area (Å²) in [4.78, 5) is 10.1. The molecule has 0 saturated carbocycles. The largest absolute Gasteiger partial charge is 0.506 e. The third kappa shape index (κ3) is 3.25. The van der Waals surface area contributed by atoms with Crippen molar-refractivity contribution in [3.8, 4) is 16.5 Å². The Kier molecular flexibility index (Phi) is 4.42. The van der Waals surface area contributed by atoms with Gasteiger partial charge in [-0.2, -0.15) is 4.98 Å². The molecular weight excluding hydrogens is 336 g/mol. The van der Waals surface area contributed by atoms with Crippen molar-refractivity contribution >= 4 is 17.0 Å². The van der Waals surface area contributed by atoms with Gasteiger partial charge >= 0.3 is 0 Å². The molecule has 0 aliphatic carbocycles. The fourth-order valence-corrected chi connectivity index (χ4v) is 3.80. The number of phenols is 1. The molecule has 25 heavy (non-hydrogen) atoms. The highest BCUT2D eigenvalue weighted by atomic mass is 32.1. The van der Waals surface area contributed by atoms with E-state index in [2.05, 4.69) is 26.9 Å². The number of aromatic nitrogens is 2. The van der Waals surface area contributed by atoms with Gasteiger partial charge in [-0.1, -0.05) is 23.4 Å². The highest BCUT2D eigenvalue weighted by Gasteiger charge is 2.26. The van der Waals surface area contributed by atoms with Crippen molar-refractivity contribution in [2.75, 3.05) is 31.1 Å². The molecule has 3 heterocycles. The molecule has 1 N–H and O–H groups in total. The van der Waals surface area contributed by atoms with Crippen LogP contribution in [0.1, 0.15) is 18.9 Å². The van der Waals surface area contributed by atoms with E-state index >= 15 is 0 Å². The molecule has 1 aliphatic rings. The van der Waals surface area contributed by atoms with Crippen molar-refractivity contribution in [1.82, 2.24) is 15.0 Å². The highest BCUT2D eigenvalue weighted by Crippen LogP contribution is 2.29. The molecule has 0 spiro atoms. The van der Waals surface area contributed by atoms with Crippen LogP contribution in [0.4, 0.5) is 5.69 Å². The summed E-state index contributed by atoms with van der Waals surface area (Å²) >= 11 is 1.61. The molecular formula is C18H20N4O2S. The third-order valence-electron chi connectivity index (χ3n) is 4.63. The van der Waals surface area contributed by atoms with Crippen LogP contribution in [0.15, 0.2) is 46.3 Å². The molecule has 6 nitrogen and oxygen atoms in total. The Balaban J connectivity index is 1.41. The number of phenolic OH excluding ortho intramolecular Hbond substituents is 1. The van der Waals surface area contributed by atoms with E-state index in [1.165, 1.54) is 0 Å². The van der Waals surface area contributed by atoms with Gasteiger partial charge in [0.15, 0.2) is 0 Å². The van der Waals surface area contributed by atoms with E-state index in [1.54, 1.807) is 17.4 Å². The zero-order valence-corrected chi connectivity index (χ0v) is 14.8. The van der Waals surface area contributed by atoms with E-state index in [-0.39, 0.29) is 6.04 Å². The van der Waals surface area contributed by atoms with E-state index in [9.17, 15) is 5.11 Å². The van der Waals surface area contributed by atoms with Crippen LogP contribution in [0, 0.1) is 0 Å². The monoisotopic (exact) mass is 356 g/mol. The van der Waals surface area contributed by atoms with E-state index in [0.29, 0.717) is 17.5 Å². The maximum absolute atomic E-state index is 10.0. The summed E-state index contributed by atoms with van der Waals surface area (Å²) < 4.78 is 5.48. The van der Waals surface area contributed by atoms with E-state index in [1.807, 2.05) is 35.7 Å². The molecule has 0 bridgehead atoms. The minimum absolute atomic E-state index is 0.0766. The van der Waals surface area contributed by atoms with Crippen molar-refractivity contribution in [2.45, 2.75) is 13.0 Å². The minimum Gasteiger partial charge on any atom is -0.506 e. The summed E-state index contributed by atoms with van der Waals surface area (Å²) in [5.41, 5.74) is 0.896. The van der Waals surface area contributed by atoms with Crippen LogP contribution in [0.3, 0.4) is 0 Å². The van der Waals surface area contributed by atoms with Gasteiger partial charge in [-0.15, -0.1) is 11.3 Å². The molecule has 1 saturated heterocycles. The standard InChI is InChI=1S/C18H20N4O2S/c1-13(18-19-17(20-24-18)16-7-4-12-25-16)21-8-10-22(11-9-21)14-5-2-3-6-15(14)23/h2-7,12-13,23H,8-11H2,1H3. The lowest BCUT2D eigenvalue weighted by Crippen LogP contribution is -2.47. The van der Waals surface area contributed by atoms with Gasteiger partial charge in [0.25, 0.3) is 0 Å². The van der Waals surface area contributed by atoms with Crippen LogP contribution < -0.4 is 4.90 Å². The van der Waals surface area contributed by atoms with Crippen LogP contribution in [-0.4, -0.2) is 46.3 Å². The van der Waals surface area contributed by atoms with Gasteiger partial charge in [0.05, 0.1) is 16.6 Å². The number of para-hydroxylation sites is 2. The molecule has 1 fully saturated rings. The van der Waals surface area contributed by atoms with Crippen molar-refractivity contribution < 1.29 is 9.63 Å². The van der Waals surface area contributed by atoms with Gasteiger partial charge in [0, 0.05) is 26.2 Å². The molecule has 0 amide bonds. The minimum atomic E-state index is 0.0766. The van der Waals surface area contributed by atoms with Gasteiger partial charge in [-0.05, 0) is 30.5 Å². The van der Waals surface area contributed by atoms with E-state index in [4.69, 9.17) is 4.52 Å². The summed E-state index contributed by atoms with van der Waals surface area (Å²) in [5.74, 6) is 1.64. The molecule has 2 aromatic heterocycles. The number of rotatable bonds is 4. The summed E-state index contributed by atoms with van der Waals surface area (Å²) in [7, 11) is 0. The van der Waals surface area contributed by atoms with E-state index < -0.39 is 0 Å². The van der Waals surface area contributed by atoms with Crippen molar-refractivity contribution in [2.24, 2.45) is 0 Å². The predicted molar refractivity (Wildman–Crippen MR) is 97.9 cm³/mol. The summed E-state index contributed by atoms with van der Waals surface area (Å²) in [6, 6.07) is 11.5. The second-order valence-electron chi connectivity index (χ2n) is 6.12. The molecule has 4 rings (SSSR count). The van der Waals surface area contributed by atoms with Crippen LogP contribution >= 0.6 is 11.3 Å². The number of benzene rings is 1. The second kappa shape index (κ2) is 6.85. The highest BCUT2D eigenvalue weighted by molar-refractivity contribution is 7.13. The zero-order chi connectivity index (χ0) is 17.2. The Morgan fingerprint density at radius 1 is 1.12 bits per heavy atom. The quantitative estimate of drug-likeness (QED) is 0.773. The fraction of sp³-hybridized carbons (Fsp3) is 0.333. The molecule has 1 atom stereocenters. The van der Waals surface area contributed by atoms with Gasteiger partial charge in [-0.3, -0.25) is 4.90 Å². The van der Waals surface area contributed by atoms with Crippen LogP contribution in [-0.2, 0) is 0 Å². The first-order valence-electron chi connectivity index (χ1n) is 8.37.